The lowest BCUT2D eigenvalue weighted by Gasteiger charge is -2.28. The van der Waals surface area contributed by atoms with Crippen LogP contribution >= 0.6 is 0 Å². The highest BCUT2D eigenvalue weighted by Gasteiger charge is 2.26. The van der Waals surface area contributed by atoms with E-state index in [1.165, 1.54) is 24.9 Å². The van der Waals surface area contributed by atoms with E-state index in [9.17, 15) is 0 Å². The summed E-state index contributed by atoms with van der Waals surface area (Å²) in [5.41, 5.74) is 3.21. The highest BCUT2D eigenvalue weighted by Crippen LogP contribution is 2.36. The Labute approximate surface area is 207 Å². The van der Waals surface area contributed by atoms with E-state index in [0.29, 0.717) is 12.6 Å². The van der Waals surface area contributed by atoms with Crippen LogP contribution in [0.3, 0.4) is 0 Å². The molecule has 2 aromatic carbocycles. The Morgan fingerprint density at radius 1 is 0.971 bits per heavy atom. The van der Waals surface area contributed by atoms with Gasteiger partial charge in [-0.3, -0.25) is 0 Å². The molecule has 1 aromatic heterocycles. The van der Waals surface area contributed by atoms with Gasteiger partial charge in [0.25, 0.3) is 0 Å². The number of nitrogens with zero attached hydrogens (tertiary/aromatic N) is 4. The molecule has 3 fully saturated rings. The second kappa shape index (κ2) is 9.90. The summed E-state index contributed by atoms with van der Waals surface area (Å²) in [6.45, 7) is 3.77. The van der Waals surface area contributed by atoms with Gasteiger partial charge in [-0.25, -0.2) is 9.67 Å². The highest BCUT2D eigenvalue weighted by atomic mass is 16.5. The van der Waals surface area contributed by atoms with Crippen molar-refractivity contribution in [2.24, 2.45) is 0 Å². The molecule has 184 valence electrons. The molecule has 0 spiro atoms. The van der Waals surface area contributed by atoms with E-state index in [2.05, 4.69) is 29.2 Å². The van der Waals surface area contributed by atoms with Crippen molar-refractivity contribution >= 4 is 5.69 Å². The summed E-state index contributed by atoms with van der Waals surface area (Å²) in [6, 6.07) is 14.7. The van der Waals surface area contributed by atoms with Crippen molar-refractivity contribution in [1.29, 1.82) is 0 Å². The van der Waals surface area contributed by atoms with E-state index in [-0.39, 0.29) is 6.10 Å². The summed E-state index contributed by atoms with van der Waals surface area (Å²) in [5.74, 6) is 3.11. The van der Waals surface area contributed by atoms with Crippen LogP contribution in [0.5, 0.6) is 11.5 Å². The van der Waals surface area contributed by atoms with Gasteiger partial charge < -0.3 is 19.1 Å². The zero-order valence-corrected chi connectivity index (χ0v) is 20.5. The number of anilines is 1. The molecule has 7 nitrogen and oxygen atoms in total. The third kappa shape index (κ3) is 5.01. The number of ether oxygens (including phenoxy) is 3. The van der Waals surface area contributed by atoms with Crippen LogP contribution < -0.4 is 14.4 Å². The van der Waals surface area contributed by atoms with E-state index in [1.54, 1.807) is 7.11 Å². The Kier molecular flexibility index (Phi) is 6.34. The molecular formula is C28H34N4O3. The Morgan fingerprint density at radius 3 is 2.51 bits per heavy atom. The largest absolute Gasteiger partial charge is 0.496 e. The summed E-state index contributed by atoms with van der Waals surface area (Å²) in [5, 5.41) is 4.94. The van der Waals surface area contributed by atoms with Crippen molar-refractivity contribution in [3.63, 3.8) is 0 Å². The van der Waals surface area contributed by atoms with Crippen LogP contribution in [0.1, 0.15) is 44.9 Å². The van der Waals surface area contributed by atoms with Crippen LogP contribution in [0, 0.1) is 0 Å². The average molecular weight is 475 g/mol. The summed E-state index contributed by atoms with van der Waals surface area (Å²) < 4.78 is 19.7. The third-order valence-corrected chi connectivity index (χ3v) is 7.16. The van der Waals surface area contributed by atoms with Crippen LogP contribution in [0.25, 0.3) is 22.8 Å². The van der Waals surface area contributed by atoms with Gasteiger partial charge in [-0.1, -0.05) is 0 Å². The van der Waals surface area contributed by atoms with Crippen LogP contribution in [-0.4, -0.2) is 53.8 Å². The van der Waals surface area contributed by atoms with E-state index in [0.717, 1.165) is 79.7 Å². The molecule has 7 heteroatoms. The SMILES string of the molecule is COc1cc(OC2CC2)ccc1-c1nc(-c2ccc(N3CCCCC3)cc2)nn1CC1CCCO1. The minimum atomic E-state index is 0.160. The molecule has 0 amide bonds. The van der Waals surface area contributed by atoms with E-state index < -0.39 is 0 Å². The molecule has 0 radical (unpaired) electrons. The highest BCUT2D eigenvalue weighted by molar-refractivity contribution is 5.69. The van der Waals surface area contributed by atoms with Gasteiger partial charge in [0.15, 0.2) is 11.6 Å². The van der Waals surface area contributed by atoms with Gasteiger partial charge in [0.2, 0.25) is 0 Å². The fourth-order valence-electron chi connectivity index (χ4n) is 5.05. The molecule has 0 bridgehead atoms. The molecule has 3 aromatic rings. The summed E-state index contributed by atoms with van der Waals surface area (Å²) in [7, 11) is 1.70. The average Bonchev–Trinajstić information content (AvgIpc) is 3.39. The molecule has 35 heavy (non-hydrogen) atoms. The van der Waals surface area contributed by atoms with Gasteiger partial charge in [0, 0.05) is 37.0 Å². The Bertz CT molecular complexity index is 1140. The first-order chi connectivity index (χ1) is 17.3. The normalized spacial score (nSPS) is 20.3. The molecule has 1 aliphatic carbocycles. The van der Waals surface area contributed by atoms with Gasteiger partial charge >= 0.3 is 0 Å². The molecule has 3 heterocycles. The lowest BCUT2D eigenvalue weighted by Crippen LogP contribution is -2.29. The number of rotatable bonds is 8. The first-order valence-corrected chi connectivity index (χ1v) is 13.0. The fourth-order valence-corrected chi connectivity index (χ4v) is 5.05. The molecule has 1 unspecified atom stereocenters. The second-order valence-corrected chi connectivity index (χ2v) is 9.85. The van der Waals surface area contributed by atoms with E-state index in [1.807, 2.05) is 22.9 Å². The maximum absolute atomic E-state index is 5.99. The van der Waals surface area contributed by atoms with Gasteiger partial charge in [-0.05, 0) is 81.3 Å². The van der Waals surface area contributed by atoms with E-state index >= 15 is 0 Å². The second-order valence-electron chi connectivity index (χ2n) is 9.85. The maximum atomic E-state index is 5.99. The number of piperidine rings is 1. The zero-order valence-electron chi connectivity index (χ0n) is 20.5. The number of methoxy groups -OCH3 is 1. The molecule has 1 saturated carbocycles. The predicted octanol–water partition coefficient (Wildman–Crippen LogP) is 5.33. The monoisotopic (exact) mass is 474 g/mol. The van der Waals surface area contributed by atoms with Crippen molar-refractivity contribution in [2.45, 2.75) is 63.7 Å². The topological polar surface area (TPSA) is 61.6 Å². The van der Waals surface area contributed by atoms with E-state index in [4.69, 9.17) is 24.3 Å². The van der Waals surface area contributed by atoms with Crippen LogP contribution in [0.15, 0.2) is 42.5 Å². The number of aromatic nitrogens is 3. The standard InChI is InChI=1S/C28H34N4O3/c1-33-26-18-23(35-22-11-12-22)13-14-25(26)28-29-27(30-32(28)19-24-6-5-17-34-24)20-7-9-21(10-8-20)31-15-3-2-4-16-31/h7-10,13-14,18,22,24H,2-6,11-12,15-17,19H2,1H3. The van der Waals surface area contributed by atoms with Crippen molar-refractivity contribution in [2.75, 3.05) is 31.7 Å². The fraction of sp³-hybridized carbons (Fsp3) is 0.500. The van der Waals surface area contributed by atoms with Gasteiger partial charge in [-0.2, -0.15) is 5.10 Å². The van der Waals surface area contributed by atoms with Crippen LogP contribution in [0.4, 0.5) is 5.69 Å². The quantitative estimate of drug-likeness (QED) is 0.440. The maximum Gasteiger partial charge on any atom is 0.181 e. The minimum absolute atomic E-state index is 0.160. The van der Waals surface area contributed by atoms with Gasteiger partial charge in [0.05, 0.1) is 31.4 Å². The van der Waals surface area contributed by atoms with Crippen LogP contribution in [-0.2, 0) is 11.3 Å². The first kappa shape index (κ1) is 22.4. The summed E-state index contributed by atoms with van der Waals surface area (Å²) in [4.78, 5) is 7.48. The summed E-state index contributed by atoms with van der Waals surface area (Å²) >= 11 is 0. The minimum Gasteiger partial charge on any atom is -0.496 e. The number of hydrogen-bond acceptors (Lipinski definition) is 6. The van der Waals surface area contributed by atoms with Crippen LogP contribution in [0.2, 0.25) is 0 Å². The van der Waals surface area contributed by atoms with Gasteiger partial charge in [-0.15, -0.1) is 0 Å². The smallest absolute Gasteiger partial charge is 0.181 e. The lowest BCUT2D eigenvalue weighted by molar-refractivity contribution is 0.0944. The van der Waals surface area contributed by atoms with Crippen molar-refractivity contribution < 1.29 is 14.2 Å². The molecule has 0 N–H and O–H groups in total. The Hall–Kier alpha value is -3.06. The Morgan fingerprint density at radius 2 is 1.80 bits per heavy atom. The van der Waals surface area contributed by atoms with Gasteiger partial charge in [0.1, 0.15) is 11.5 Å². The molecule has 2 saturated heterocycles. The first-order valence-electron chi connectivity index (χ1n) is 13.0. The molecule has 1 atom stereocenters. The van der Waals surface area contributed by atoms with Crippen molar-refractivity contribution in [3.05, 3.63) is 42.5 Å². The molecule has 3 aliphatic rings. The zero-order chi connectivity index (χ0) is 23.6. The predicted molar refractivity (Wildman–Crippen MR) is 136 cm³/mol. The molecular weight excluding hydrogens is 440 g/mol. The third-order valence-electron chi connectivity index (χ3n) is 7.16. The lowest BCUT2D eigenvalue weighted by atomic mass is 10.1. The molecule has 6 rings (SSSR count). The Balaban J connectivity index is 1.32. The molecule has 2 aliphatic heterocycles. The summed E-state index contributed by atoms with van der Waals surface area (Å²) in [6.07, 6.45) is 8.76. The number of hydrogen-bond donors (Lipinski definition) is 0. The van der Waals surface area contributed by atoms with Crippen molar-refractivity contribution in [1.82, 2.24) is 14.8 Å². The number of benzene rings is 2. The van der Waals surface area contributed by atoms with Crippen molar-refractivity contribution in [3.8, 4) is 34.3 Å².